The van der Waals surface area contributed by atoms with E-state index in [-0.39, 0.29) is 24.5 Å². The Kier molecular flexibility index (Phi) is 9.17. The van der Waals surface area contributed by atoms with E-state index in [1.54, 1.807) is 36.5 Å². The lowest BCUT2D eigenvalue weighted by molar-refractivity contribution is -0.173. The van der Waals surface area contributed by atoms with E-state index in [4.69, 9.17) is 16.3 Å². The fourth-order valence-electron chi connectivity index (χ4n) is 4.04. The summed E-state index contributed by atoms with van der Waals surface area (Å²) in [5.74, 6) is -0.340. The molecule has 0 spiro atoms. The standard InChI is InChI=1S/C24H31ClFN3O4/c1-15-11-19(12-23(31)33-15)29(2)10-9-22(30)28-20(13-26)24(32)17-5-3-16(4-6-17)18-7-8-21(25)27-14-18/h3-8,14-15,19-20,23-24,31-32H,9-13H2,1-2H3,(H,28,30). The van der Waals surface area contributed by atoms with Gasteiger partial charge in [0.05, 0.1) is 12.1 Å². The molecule has 3 N–H and O–H groups in total. The maximum Gasteiger partial charge on any atom is 0.221 e. The van der Waals surface area contributed by atoms with Crippen molar-refractivity contribution in [1.82, 2.24) is 15.2 Å². The lowest BCUT2D eigenvalue weighted by atomic mass is 9.99. The van der Waals surface area contributed by atoms with E-state index in [1.165, 1.54) is 0 Å². The minimum Gasteiger partial charge on any atom is -0.386 e. The lowest BCUT2D eigenvalue weighted by Crippen LogP contribution is -2.45. The molecule has 9 heteroatoms. The third kappa shape index (κ3) is 7.19. The summed E-state index contributed by atoms with van der Waals surface area (Å²) in [6.45, 7) is 1.46. The van der Waals surface area contributed by atoms with Crippen LogP contribution >= 0.6 is 11.6 Å². The summed E-state index contributed by atoms with van der Waals surface area (Å²) >= 11 is 5.82. The number of nitrogens with one attached hydrogen (secondary N) is 1. The number of aliphatic hydroxyl groups is 2. The summed E-state index contributed by atoms with van der Waals surface area (Å²) in [5, 5.41) is 23.4. The lowest BCUT2D eigenvalue weighted by Gasteiger charge is -2.36. The van der Waals surface area contributed by atoms with E-state index in [2.05, 4.69) is 10.3 Å². The van der Waals surface area contributed by atoms with Crippen molar-refractivity contribution in [3.63, 3.8) is 0 Å². The van der Waals surface area contributed by atoms with Gasteiger partial charge in [-0.05, 0) is 43.7 Å². The number of carbonyl (C=O) groups is 1. The fourth-order valence-corrected chi connectivity index (χ4v) is 4.16. The number of halogens is 2. The van der Waals surface area contributed by atoms with Crippen LogP contribution in [0.25, 0.3) is 11.1 Å². The van der Waals surface area contributed by atoms with Crippen LogP contribution in [-0.4, -0.2) is 70.7 Å². The molecule has 2 aromatic rings. The van der Waals surface area contributed by atoms with E-state index in [0.29, 0.717) is 23.7 Å². The minimum absolute atomic E-state index is 0.0524. The SMILES string of the molecule is CC1CC(N(C)CCC(=O)NC(CF)C(O)c2ccc(-c3ccc(Cl)nc3)cc2)CC(O)O1. The second-order valence-corrected chi connectivity index (χ2v) is 8.91. The van der Waals surface area contributed by atoms with Crippen LogP contribution in [0.15, 0.2) is 42.6 Å². The van der Waals surface area contributed by atoms with Gasteiger partial charge >= 0.3 is 0 Å². The number of rotatable bonds is 9. The number of pyridine rings is 1. The summed E-state index contributed by atoms with van der Waals surface area (Å²) in [4.78, 5) is 18.5. The molecule has 5 unspecified atom stereocenters. The normalized spacial score (nSPS) is 22.7. The second-order valence-electron chi connectivity index (χ2n) is 8.52. The molecule has 2 heterocycles. The predicted molar refractivity (Wildman–Crippen MR) is 124 cm³/mol. The highest BCUT2D eigenvalue weighted by Gasteiger charge is 2.29. The number of benzene rings is 1. The Balaban J connectivity index is 1.52. The molecule has 1 aliphatic heterocycles. The van der Waals surface area contributed by atoms with Gasteiger partial charge < -0.3 is 25.2 Å². The summed E-state index contributed by atoms with van der Waals surface area (Å²) in [6, 6.07) is 9.60. The first-order valence-corrected chi connectivity index (χ1v) is 11.4. The molecule has 0 saturated carbocycles. The topological polar surface area (TPSA) is 94.9 Å². The largest absolute Gasteiger partial charge is 0.386 e. The van der Waals surface area contributed by atoms with Gasteiger partial charge in [0, 0.05) is 37.2 Å². The van der Waals surface area contributed by atoms with Gasteiger partial charge in [-0.1, -0.05) is 35.9 Å². The average Bonchev–Trinajstić information content (AvgIpc) is 2.80. The highest BCUT2D eigenvalue weighted by Crippen LogP contribution is 2.25. The van der Waals surface area contributed by atoms with Crippen LogP contribution in [0.5, 0.6) is 0 Å². The maximum absolute atomic E-state index is 13.7. The Labute approximate surface area is 198 Å². The van der Waals surface area contributed by atoms with Gasteiger partial charge in [0.15, 0.2) is 6.29 Å². The molecular formula is C24H31ClFN3O4. The van der Waals surface area contributed by atoms with E-state index < -0.39 is 25.1 Å². The molecule has 33 heavy (non-hydrogen) atoms. The molecule has 5 atom stereocenters. The number of alkyl halides is 1. The Bertz CT molecular complexity index is 890. The van der Waals surface area contributed by atoms with E-state index in [1.807, 2.05) is 24.9 Å². The molecule has 1 aromatic carbocycles. The zero-order valence-electron chi connectivity index (χ0n) is 18.8. The molecule has 1 saturated heterocycles. The molecule has 1 aliphatic rings. The second kappa shape index (κ2) is 11.9. The van der Waals surface area contributed by atoms with Crippen LogP contribution in [-0.2, 0) is 9.53 Å². The smallest absolute Gasteiger partial charge is 0.221 e. The molecule has 0 aliphatic carbocycles. The fraction of sp³-hybridized carbons (Fsp3) is 0.500. The highest BCUT2D eigenvalue weighted by molar-refractivity contribution is 6.29. The Hall–Kier alpha value is -2.10. The first-order chi connectivity index (χ1) is 15.8. The molecule has 1 fully saturated rings. The molecule has 0 radical (unpaired) electrons. The van der Waals surface area contributed by atoms with Crippen molar-refractivity contribution in [2.45, 2.75) is 56.8 Å². The van der Waals surface area contributed by atoms with Crippen LogP contribution in [0.1, 0.15) is 37.9 Å². The summed E-state index contributed by atoms with van der Waals surface area (Å²) in [5.41, 5.74) is 2.25. The van der Waals surface area contributed by atoms with Gasteiger partial charge in [-0.25, -0.2) is 9.37 Å². The summed E-state index contributed by atoms with van der Waals surface area (Å²) < 4.78 is 19.0. The van der Waals surface area contributed by atoms with Crippen LogP contribution in [0.4, 0.5) is 4.39 Å². The number of aromatic nitrogens is 1. The molecule has 1 aromatic heterocycles. The number of amides is 1. The number of carbonyl (C=O) groups excluding carboxylic acids is 1. The number of hydrogen-bond acceptors (Lipinski definition) is 6. The first-order valence-electron chi connectivity index (χ1n) is 11.1. The van der Waals surface area contributed by atoms with Crippen molar-refractivity contribution < 1.29 is 24.1 Å². The van der Waals surface area contributed by atoms with E-state index in [0.717, 1.165) is 17.5 Å². The maximum atomic E-state index is 13.7. The number of ether oxygens (including phenoxy) is 1. The molecule has 180 valence electrons. The number of aliphatic hydroxyl groups excluding tert-OH is 2. The van der Waals surface area contributed by atoms with E-state index in [9.17, 15) is 19.4 Å². The number of hydrogen-bond donors (Lipinski definition) is 3. The van der Waals surface area contributed by atoms with E-state index >= 15 is 0 Å². The minimum atomic E-state index is -1.18. The Morgan fingerprint density at radius 2 is 1.97 bits per heavy atom. The Morgan fingerprint density at radius 3 is 2.58 bits per heavy atom. The monoisotopic (exact) mass is 479 g/mol. The van der Waals surface area contributed by atoms with Gasteiger partial charge in [0.1, 0.15) is 17.9 Å². The molecule has 0 bridgehead atoms. The molecule has 1 amide bonds. The zero-order chi connectivity index (χ0) is 24.0. The van der Waals surface area contributed by atoms with Crippen LogP contribution in [0.2, 0.25) is 5.15 Å². The van der Waals surface area contributed by atoms with Crippen molar-refractivity contribution >= 4 is 17.5 Å². The van der Waals surface area contributed by atoms with Crippen molar-refractivity contribution in [3.8, 4) is 11.1 Å². The molecule has 3 rings (SSSR count). The summed E-state index contributed by atoms with van der Waals surface area (Å²) in [7, 11) is 1.89. The van der Waals surface area contributed by atoms with Crippen molar-refractivity contribution in [1.29, 1.82) is 0 Å². The van der Waals surface area contributed by atoms with Gasteiger partial charge in [-0.3, -0.25) is 4.79 Å². The van der Waals surface area contributed by atoms with Crippen molar-refractivity contribution in [2.24, 2.45) is 0 Å². The average molecular weight is 480 g/mol. The van der Waals surface area contributed by atoms with Crippen LogP contribution in [0.3, 0.4) is 0 Å². The predicted octanol–water partition coefficient (Wildman–Crippen LogP) is 3.10. The quantitative estimate of drug-likeness (QED) is 0.478. The third-order valence-corrected chi connectivity index (χ3v) is 6.21. The first kappa shape index (κ1) is 25.5. The molecule has 7 nitrogen and oxygen atoms in total. The van der Waals surface area contributed by atoms with Gasteiger partial charge in [0.2, 0.25) is 5.91 Å². The Morgan fingerprint density at radius 1 is 1.27 bits per heavy atom. The number of nitrogens with zero attached hydrogens (tertiary/aromatic N) is 2. The van der Waals surface area contributed by atoms with Crippen molar-refractivity contribution in [2.75, 3.05) is 20.3 Å². The highest BCUT2D eigenvalue weighted by atomic mass is 35.5. The van der Waals surface area contributed by atoms with Gasteiger partial charge in [-0.15, -0.1) is 0 Å². The van der Waals surface area contributed by atoms with Crippen LogP contribution in [0, 0.1) is 0 Å². The van der Waals surface area contributed by atoms with Gasteiger partial charge in [0.25, 0.3) is 0 Å². The molecular weight excluding hydrogens is 449 g/mol. The zero-order valence-corrected chi connectivity index (χ0v) is 19.6. The van der Waals surface area contributed by atoms with Crippen LogP contribution < -0.4 is 5.32 Å². The summed E-state index contributed by atoms with van der Waals surface area (Å²) in [6.07, 6.45) is 1.02. The van der Waals surface area contributed by atoms with Gasteiger partial charge in [-0.2, -0.15) is 0 Å². The van der Waals surface area contributed by atoms with Crippen molar-refractivity contribution in [3.05, 3.63) is 53.3 Å². The third-order valence-electron chi connectivity index (χ3n) is 5.99.